The van der Waals surface area contributed by atoms with E-state index in [1.807, 2.05) is 0 Å². The predicted molar refractivity (Wildman–Crippen MR) is 194 cm³/mol. The van der Waals surface area contributed by atoms with Gasteiger partial charge in [-0.25, -0.2) is 0 Å². The second-order valence-corrected chi connectivity index (χ2v) is 13.7. The minimum Gasteiger partial charge on any atom is -0.309 e. The van der Waals surface area contributed by atoms with Gasteiger partial charge < -0.3 is 4.57 Å². The van der Waals surface area contributed by atoms with Gasteiger partial charge in [0.05, 0.1) is 11.0 Å². The first-order valence-corrected chi connectivity index (χ1v) is 16.3. The number of para-hydroxylation sites is 1. The van der Waals surface area contributed by atoms with Crippen molar-refractivity contribution in [2.45, 2.75) is 19.3 Å². The molecule has 0 spiro atoms. The monoisotopic (exact) mass is 639 g/mol. The third-order valence-corrected chi connectivity index (χ3v) is 10.4. The van der Waals surface area contributed by atoms with E-state index in [2.05, 4.69) is 180 Å². The normalized spacial score (nSPS) is 13.4. The highest BCUT2D eigenvalue weighted by Gasteiger charge is 2.36. The minimum atomic E-state index is -0.0269. The maximum atomic E-state index is 3.57. The van der Waals surface area contributed by atoms with Crippen LogP contribution in [0.5, 0.6) is 0 Å². The van der Waals surface area contributed by atoms with Crippen molar-refractivity contribution < 1.29 is 0 Å². The summed E-state index contributed by atoms with van der Waals surface area (Å²) in [5.74, 6) is 0. The van der Waals surface area contributed by atoms with Crippen molar-refractivity contribution in [1.82, 2.24) is 4.57 Å². The summed E-state index contributed by atoms with van der Waals surface area (Å²) >= 11 is 3.57. The van der Waals surface area contributed by atoms with Crippen LogP contribution in [-0.2, 0) is 5.41 Å². The molecule has 0 N–H and O–H groups in total. The average molecular weight is 641 g/mol. The van der Waals surface area contributed by atoms with Crippen LogP contribution < -0.4 is 0 Å². The van der Waals surface area contributed by atoms with Gasteiger partial charge >= 0.3 is 0 Å². The molecular formula is C43H30BrN. The lowest BCUT2D eigenvalue weighted by Gasteiger charge is -2.21. The van der Waals surface area contributed by atoms with Crippen LogP contribution in [0.4, 0.5) is 0 Å². The van der Waals surface area contributed by atoms with Crippen LogP contribution in [-0.4, -0.2) is 4.57 Å². The summed E-state index contributed by atoms with van der Waals surface area (Å²) in [5, 5.41) is 5.14. The minimum absolute atomic E-state index is 0.0269. The smallest absolute Gasteiger partial charge is 0.0547 e. The molecule has 214 valence electrons. The van der Waals surface area contributed by atoms with Gasteiger partial charge in [0.1, 0.15) is 0 Å². The van der Waals surface area contributed by atoms with Gasteiger partial charge in [0.25, 0.3) is 0 Å². The molecule has 1 aliphatic rings. The molecule has 9 rings (SSSR count). The predicted octanol–water partition coefficient (Wildman–Crippen LogP) is 12.3. The zero-order valence-electron chi connectivity index (χ0n) is 25.2. The summed E-state index contributed by atoms with van der Waals surface area (Å²) in [5.41, 5.74) is 14.0. The Hall–Kier alpha value is -4.92. The molecule has 0 saturated carbocycles. The number of nitrogens with zero attached hydrogens (tertiary/aromatic N) is 1. The van der Waals surface area contributed by atoms with Gasteiger partial charge in [0.15, 0.2) is 0 Å². The summed E-state index contributed by atoms with van der Waals surface area (Å²) in [7, 11) is 0. The number of aromatic nitrogens is 1. The van der Waals surface area contributed by atoms with Crippen LogP contribution in [0, 0.1) is 0 Å². The summed E-state index contributed by atoms with van der Waals surface area (Å²) in [6.45, 7) is 4.71. The van der Waals surface area contributed by atoms with Crippen molar-refractivity contribution in [3.63, 3.8) is 0 Å². The molecular weight excluding hydrogens is 610 g/mol. The molecule has 0 unspecified atom stereocenters. The van der Waals surface area contributed by atoms with E-state index in [0.717, 1.165) is 4.47 Å². The molecule has 1 aromatic heterocycles. The van der Waals surface area contributed by atoms with E-state index < -0.39 is 0 Å². The first-order valence-electron chi connectivity index (χ1n) is 15.5. The van der Waals surface area contributed by atoms with Crippen molar-refractivity contribution in [3.05, 3.63) is 161 Å². The molecule has 8 aromatic rings. The number of hydrogen-bond donors (Lipinski definition) is 0. The van der Waals surface area contributed by atoms with Crippen LogP contribution in [0.3, 0.4) is 0 Å². The molecule has 0 fully saturated rings. The lowest BCUT2D eigenvalue weighted by Crippen LogP contribution is -2.14. The molecule has 1 heterocycles. The Morgan fingerprint density at radius 1 is 0.489 bits per heavy atom. The Morgan fingerprint density at radius 2 is 1.18 bits per heavy atom. The maximum absolute atomic E-state index is 3.57. The van der Waals surface area contributed by atoms with E-state index >= 15 is 0 Å². The third-order valence-electron chi connectivity index (χ3n) is 9.84. The highest BCUT2D eigenvalue weighted by Crippen LogP contribution is 2.52. The maximum Gasteiger partial charge on any atom is 0.0547 e. The van der Waals surface area contributed by atoms with Crippen LogP contribution >= 0.6 is 15.9 Å². The van der Waals surface area contributed by atoms with Crippen molar-refractivity contribution in [1.29, 1.82) is 0 Å². The SMILES string of the molecule is CC1(C)c2ccccc2-c2c1ccc1cc3c4cc(-c5cccc(-c6ccc(Br)cc6)c5)ccc4n(-c4ccccc4)c3cc21. The molecule has 0 bridgehead atoms. The Bertz CT molecular complexity index is 2450. The van der Waals surface area contributed by atoms with Gasteiger partial charge in [-0.3, -0.25) is 0 Å². The van der Waals surface area contributed by atoms with Gasteiger partial charge in [0, 0.05) is 26.3 Å². The number of rotatable bonds is 3. The van der Waals surface area contributed by atoms with Crippen molar-refractivity contribution >= 4 is 48.5 Å². The lowest BCUT2D eigenvalue weighted by molar-refractivity contribution is 0.661. The summed E-state index contributed by atoms with van der Waals surface area (Å²) in [4.78, 5) is 0. The first-order chi connectivity index (χ1) is 22.0. The standard InChI is InChI=1S/C43H30BrN/c1-43(2)38-14-7-6-13-34(38)42-35-26-41-37(25-31(35)17-21-39(42)43)36-24-30(18-22-40(36)45(41)33-11-4-3-5-12-33)29-10-8-9-28(23-29)27-15-19-32(44)20-16-27/h3-26H,1-2H3. The molecule has 0 aliphatic heterocycles. The number of benzene rings is 7. The van der Waals surface area contributed by atoms with E-state index in [-0.39, 0.29) is 5.41 Å². The van der Waals surface area contributed by atoms with Gasteiger partial charge in [-0.05, 0) is 110 Å². The van der Waals surface area contributed by atoms with E-state index in [0.29, 0.717) is 0 Å². The highest BCUT2D eigenvalue weighted by atomic mass is 79.9. The quantitative estimate of drug-likeness (QED) is 0.181. The molecule has 2 heteroatoms. The fourth-order valence-electron chi connectivity index (χ4n) is 7.60. The number of fused-ring (bicyclic) bond motifs is 8. The third kappa shape index (κ3) is 3.99. The van der Waals surface area contributed by atoms with E-state index in [4.69, 9.17) is 0 Å². The number of halogens is 1. The Labute approximate surface area is 271 Å². The first kappa shape index (κ1) is 26.5. The van der Waals surface area contributed by atoms with Crippen molar-refractivity contribution in [2.24, 2.45) is 0 Å². The Kier molecular flexibility index (Phi) is 5.76. The molecule has 1 aliphatic carbocycles. The second kappa shape index (κ2) is 9.79. The zero-order valence-corrected chi connectivity index (χ0v) is 26.8. The molecule has 0 radical (unpaired) electrons. The Morgan fingerprint density at radius 3 is 2.00 bits per heavy atom. The fraction of sp³-hybridized carbons (Fsp3) is 0.0698. The van der Waals surface area contributed by atoms with Crippen LogP contribution in [0.1, 0.15) is 25.0 Å². The number of hydrogen-bond acceptors (Lipinski definition) is 0. The van der Waals surface area contributed by atoms with E-state index in [1.165, 1.54) is 82.8 Å². The second-order valence-electron chi connectivity index (χ2n) is 12.7. The topological polar surface area (TPSA) is 4.93 Å². The summed E-state index contributed by atoms with van der Waals surface area (Å²) in [6, 6.07) is 53.7. The average Bonchev–Trinajstić information content (AvgIpc) is 3.52. The summed E-state index contributed by atoms with van der Waals surface area (Å²) in [6.07, 6.45) is 0. The molecule has 45 heavy (non-hydrogen) atoms. The molecule has 0 atom stereocenters. The van der Waals surface area contributed by atoms with Gasteiger partial charge in [-0.2, -0.15) is 0 Å². The zero-order chi connectivity index (χ0) is 30.3. The molecule has 7 aromatic carbocycles. The fourth-order valence-corrected chi connectivity index (χ4v) is 7.86. The van der Waals surface area contributed by atoms with Crippen LogP contribution in [0.2, 0.25) is 0 Å². The highest BCUT2D eigenvalue weighted by molar-refractivity contribution is 9.10. The molecule has 0 saturated heterocycles. The van der Waals surface area contributed by atoms with Crippen molar-refractivity contribution in [3.8, 4) is 39.1 Å². The molecule has 0 amide bonds. The van der Waals surface area contributed by atoms with Crippen LogP contribution in [0.25, 0.3) is 71.6 Å². The van der Waals surface area contributed by atoms with E-state index in [1.54, 1.807) is 0 Å². The van der Waals surface area contributed by atoms with E-state index in [9.17, 15) is 0 Å². The van der Waals surface area contributed by atoms with Crippen LogP contribution in [0.15, 0.2) is 150 Å². The van der Waals surface area contributed by atoms with Gasteiger partial charge in [0.2, 0.25) is 0 Å². The summed E-state index contributed by atoms with van der Waals surface area (Å²) < 4.78 is 3.53. The lowest BCUT2D eigenvalue weighted by atomic mass is 9.82. The van der Waals surface area contributed by atoms with Crippen molar-refractivity contribution in [2.75, 3.05) is 0 Å². The van der Waals surface area contributed by atoms with Gasteiger partial charge in [-0.15, -0.1) is 0 Å². The Balaban J connectivity index is 1.31. The largest absolute Gasteiger partial charge is 0.309 e. The molecule has 1 nitrogen and oxygen atoms in total. The van der Waals surface area contributed by atoms with Gasteiger partial charge in [-0.1, -0.05) is 121 Å².